The van der Waals surface area contributed by atoms with Crippen molar-refractivity contribution in [1.82, 2.24) is 5.32 Å². The van der Waals surface area contributed by atoms with Gasteiger partial charge in [-0.15, -0.1) is 0 Å². The quantitative estimate of drug-likeness (QED) is 0.0363. The molecule has 0 radical (unpaired) electrons. The summed E-state index contributed by atoms with van der Waals surface area (Å²) in [6, 6.07) is 5.19. The Bertz CT molecular complexity index is 1590. The van der Waals surface area contributed by atoms with Gasteiger partial charge < -0.3 is 29.6 Å². The number of rotatable bonds is 43. The van der Waals surface area contributed by atoms with E-state index < -0.39 is 41.2 Å². The molecular formula is C58H100N2O10S. The average Bonchev–Trinajstić information content (AvgIpc) is 3.30. The molecule has 0 aliphatic carbocycles. The Morgan fingerprint density at radius 1 is 0.521 bits per heavy atom. The maximum Gasteiger partial charge on any atom is 0.329 e. The molecule has 0 saturated carbocycles. The minimum atomic E-state index is -1.08. The highest BCUT2D eigenvalue weighted by molar-refractivity contribution is 7.99. The van der Waals surface area contributed by atoms with Crippen LogP contribution in [0, 0.1) is 0 Å². The van der Waals surface area contributed by atoms with E-state index in [9.17, 15) is 28.8 Å². The van der Waals surface area contributed by atoms with E-state index in [-0.39, 0.29) is 49.3 Å². The first-order valence-electron chi connectivity index (χ1n) is 28.0. The summed E-state index contributed by atoms with van der Waals surface area (Å²) in [7, 11) is 0. The molecule has 1 aromatic carbocycles. The number of carbonyl (C=O) groups is 6. The van der Waals surface area contributed by atoms with Gasteiger partial charge in [0.1, 0.15) is 30.0 Å². The van der Waals surface area contributed by atoms with E-state index in [0.717, 1.165) is 38.5 Å². The third kappa shape index (κ3) is 39.6. The topological polar surface area (TPSA) is 163 Å². The Morgan fingerprint density at radius 2 is 0.958 bits per heavy atom. The van der Waals surface area contributed by atoms with Crippen LogP contribution in [0.25, 0.3) is 0 Å². The Labute approximate surface area is 435 Å². The van der Waals surface area contributed by atoms with Gasteiger partial charge in [-0.2, -0.15) is 11.8 Å². The lowest BCUT2D eigenvalue weighted by Gasteiger charge is -2.25. The van der Waals surface area contributed by atoms with Gasteiger partial charge in [-0.05, 0) is 85.1 Å². The third-order valence-electron chi connectivity index (χ3n) is 12.0. The van der Waals surface area contributed by atoms with Crippen LogP contribution in [0.1, 0.15) is 265 Å². The van der Waals surface area contributed by atoms with E-state index >= 15 is 0 Å². The molecule has 13 heteroatoms. The molecule has 2 N–H and O–H groups in total. The van der Waals surface area contributed by atoms with Crippen LogP contribution >= 0.6 is 11.8 Å². The summed E-state index contributed by atoms with van der Waals surface area (Å²) >= 11 is 1.46. The normalized spacial score (nSPS) is 12.5. The summed E-state index contributed by atoms with van der Waals surface area (Å²) in [5, 5.41) is 5.54. The average molecular weight is 1020 g/mol. The fraction of sp³-hybridized carbons (Fsp3) is 0.793. The SMILES string of the molecule is CCCCCCCCCCCCCCCC(=O)OCC(CSCCC(=O)Nc1ccc(C(=O)NC(CCC(=O)OC(C)(C)C)C(=O)OC(C)(C)C)cc1)OC(=O)CCCCCCCCCCCCCCC. The van der Waals surface area contributed by atoms with E-state index in [0.29, 0.717) is 30.0 Å². The molecule has 2 unspecified atom stereocenters. The molecule has 12 nitrogen and oxygen atoms in total. The van der Waals surface area contributed by atoms with Crippen LogP contribution < -0.4 is 10.6 Å². The van der Waals surface area contributed by atoms with Crippen LogP contribution in [-0.2, 0) is 42.9 Å². The Balaban J connectivity index is 2.62. The van der Waals surface area contributed by atoms with Crippen LogP contribution in [0.5, 0.6) is 0 Å². The number of benzene rings is 1. The van der Waals surface area contributed by atoms with Crippen LogP contribution in [-0.4, -0.2) is 77.2 Å². The summed E-state index contributed by atoms with van der Waals surface area (Å²) in [5.41, 5.74) is -0.750. The second kappa shape index (κ2) is 40.8. The molecule has 0 fully saturated rings. The summed E-state index contributed by atoms with van der Waals surface area (Å²) in [6.07, 6.45) is 32.1. The molecule has 0 aromatic heterocycles. The molecule has 0 aliphatic rings. The number of hydrogen-bond acceptors (Lipinski definition) is 11. The van der Waals surface area contributed by atoms with Gasteiger partial charge in [0.25, 0.3) is 5.91 Å². The summed E-state index contributed by atoms with van der Waals surface area (Å²) in [5.74, 6) is -1.66. The largest absolute Gasteiger partial charge is 0.462 e. The number of thioether (sulfide) groups is 1. The van der Waals surface area contributed by atoms with Gasteiger partial charge in [-0.1, -0.05) is 168 Å². The van der Waals surface area contributed by atoms with Crippen molar-refractivity contribution in [3.05, 3.63) is 29.8 Å². The minimum Gasteiger partial charge on any atom is -0.462 e. The number of esters is 4. The van der Waals surface area contributed by atoms with Gasteiger partial charge in [-0.3, -0.25) is 24.0 Å². The lowest BCUT2D eigenvalue weighted by Crippen LogP contribution is -2.44. The van der Waals surface area contributed by atoms with Gasteiger partial charge >= 0.3 is 23.9 Å². The Kier molecular flexibility index (Phi) is 37.6. The van der Waals surface area contributed by atoms with Gasteiger partial charge in [0.2, 0.25) is 5.91 Å². The van der Waals surface area contributed by atoms with Crippen LogP contribution in [0.4, 0.5) is 5.69 Å². The lowest BCUT2D eigenvalue weighted by molar-refractivity contribution is -0.158. The van der Waals surface area contributed by atoms with Gasteiger partial charge in [0, 0.05) is 48.4 Å². The number of nitrogens with one attached hydrogen (secondary N) is 2. The number of unbranched alkanes of at least 4 members (excludes halogenated alkanes) is 24. The molecular weight excluding hydrogens is 917 g/mol. The van der Waals surface area contributed by atoms with E-state index in [2.05, 4.69) is 24.5 Å². The molecule has 2 amide bonds. The van der Waals surface area contributed by atoms with Crippen molar-refractivity contribution >= 4 is 53.1 Å². The molecule has 0 bridgehead atoms. The standard InChI is InChI=1S/C58H100N2O10S/c1-9-11-13-15-17-19-21-23-25-27-29-31-33-35-52(62)67-45-49(68-53(63)36-34-32-30-28-26-24-22-20-18-16-14-12-10-2)46-71-44-43-51(61)59-48-39-37-47(38-40-48)55(65)60-50(56(66)70-58(6,7)8)41-42-54(64)69-57(3,4)5/h37-40,49-50H,9-36,41-46H2,1-8H3,(H,59,61)(H,60,65). The zero-order chi connectivity index (χ0) is 52.6. The van der Waals surface area contributed by atoms with Crippen molar-refractivity contribution < 1.29 is 47.7 Å². The zero-order valence-electron chi connectivity index (χ0n) is 46.0. The smallest absolute Gasteiger partial charge is 0.329 e. The molecule has 1 aromatic rings. The van der Waals surface area contributed by atoms with Crippen molar-refractivity contribution in [2.75, 3.05) is 23.4 Å². The molecule has 1 rings (SSSR count). The highest BCUT2D eigenvalue weighted by atomic mass is 32.2. The second-order valence-electron chi connectivity index (χ2n) is 21.4. The third-order valence-corrected chi connectivity index (χ3v) is 13.1. The monoisotopic (exact) mass is 1020 g/mol. The van der Waals surface area contributed by atoms with Crippen molar-refractivity contribution in [2.45, 2.75) is 278 Å². The summed E-state index contributed by atoms with van der Waals surface area (Å²) < 4.78 is 22.4. The summed E-state index contributed by atoms with van der Waals surface area (Å²) in [4.78, 5) is 77.2. The Hall–Kier alpha value is -3.61. The maximum atomic E-state index is 13.2. The number of anilines is 1. The number of ether oxygens (including phenoxy) is 4. The number of amides is 2. The number of carbonyl (C=O) groups excluding carboxylic acids is 6. The molecule has 0 heterocycles. The van der Waals surface area contributed by atoms with Gasteiger partial charge in [0.15, 0.2) is 0 Å². The molecule has 0 spiro atoms. The highest BCUT2D eigenvalue weighted by Gasteiger charge is 2.29. The van der Waals surface area contributed by atoms with Gasteiger partial charge in [-0.25, -0.2) is 4.79 Å². The van der Waals surface area contributed by atoms with Crippen molar-refractivity contribution in [2.24, 2.45) is 0 Å². The Morgan fingerprint density at radius 3 is 1.41 bits per heavy atom. The van der Waals surface area contributed by atoms with Gasteiger partial charge in [0.05, 0.1) is 0 Å². The van der Waals surface area contributed by atoms with Crippen molar-refractivity contribution in [3.8, 4) is 0 Å². The lowest BCUT2D eigenvalue weighted by atomic mass is 10.0. The number of hydrogen-bond donors (Lipinski definition) is 2. The molecule has 0 aliphatic heterocycles. The first-order chi connectivity index (χ1) is 33.9. The molecule has 0 saturated heterocycles. The van der Waals surface area contributed by atoms with E-state index in [1.165, 1.54) is 152 Å². The van der Waals surface area contributed by atoms with Crippen LogP contribution in [0.2, 0.25) is 0 Å². The highest BCUT2D eigenvalue weighted by Crippen LogP contribution is 2.19. The van der Waals surface area contributed by atoms with Crippen LogP contribution in [0.3, 0.4) is 0 Å². The minimum absolute atomic E-state index is 0.00487. The molecule has 71 heavy (non-hydrogen) atoms. The van der Waals surface area contributed by atoms with E-state index in [4.69, 9.17) is 18.9 Å². The van der Waals surface area contributed by atoms with Crippen LogP contribution in [0.15, 0.2) is 24.3 Å². The maximum absolute atomic E-state index is 13.2. The molecule has 408 valence electrons. The van der Waals surface area contributed by atoms with Crippen molar-refractivity contribution in [3.63, 3.8) is 0 Å². The molecule has 2 atom stereocenters. The fourth-order valence-electron chi connectivity index (χ4n) is 8.02. The zero-order valence-corrected chi connectivity index (χ0v) is 46.8. The second-order valence-corrected chi connectivity index (χ2v) is 22.6. The van der Waals surface area contributed by atoms with E-state index in [1.807, 2.05) is 0 Å². The predicted octanol–water partition coefficient (Wildman–Crippen LogP) is 14.7. The fourth-order valence-corrected chi connectivity index (χ4v) is 8.94. The van der Waals surface area contributed by atoms with E-state index in [1.54, 1.807) is 53.7 Å². The van der Waals surface area contributed by atoms with Crippen molar-refractivity contribution in [1.29, 1.82) is 0 Å². The first-order valence-corrected chi connectivity index (χ1v) is 29.2. The summed E-state index contributed by atoms with van der Waals surface area (Å²) in [6.45, 7) is 14.9. The first kappa shape index (κ1) is 65.4. The predicted molar refractivity (Wildman–Crippen MR) is 291 cm³/mol.